The molecule has 11 atom stereocenters. The summed E-state index contributed by atoms with van der Waals surface area (Å²) in [4.78, 5) is 25.7. The molecule has 3 saturated carbocycles. The molecule has 6 rings (SSSR count). The van der Waals surface area contributed by atoms with Crippen LogP contribution < -0.4 is 0 Å². The average Bonchev–Trinajstić information content (AvgIpc) is 3.52. The van der Waals surface area contributed by atoms with E-state index >= 15 is 0 Å². The fraction of sp³-hybridized carbons (Fsp3) is 0.786. The van der Waals surface area contributed by atoms with E-state index in [2.05, 4.69) is 13.8 Å². The molecule has 2 N–H and O–H groups in total. The molecule has 2 aliphatic heterocycles. The summed E-state index contributed by atoms with van der Waals surface area (Å²) >= 11 is 0. The number of epoxide rings is 1. The standard InChI is InChI=1S/C28H38O6/c1-14-12-20(33-25(31)16(14)13-29)15(2)17-7-8-18-22-19(9-11-26(17,18)3)27(4)21(30)6-5-10-28(27,32)24-23(22)34-24/h5-6,15,17-20,22-24,29,32H,7-13H2,1-4H3/t15-,17+,18+,19+,20-,22+,23+,24+,26+,27+,28-/m1/s1. The Bertz CT molecular complexity index is 999. The van der Waals surface area contributed by atoms with Crippen LogP contribution in [0.3, 0.4) is 0 Å². The quantitative estimate of drug-likeness (QED) is 0.485. The van der Waals surface area contributed by atoms with Crippen LogP contribution in [0, 0.1) is 40.4 Å². The van der Waals surface area contributed by atoms with Gasteiger partial charge in [-0.05, 0) is 87.0 Å². The van der Waals surface area contributed by atoms with Crippen LogP contribution in [0.1, 0.15) is 66.2 Å². The first-order valence-corrected chi connectivity index (χ1v) is 13.2. The van der Waals surface area contributed by atoms with Gasteiger partial charge in [0, 0.05) is 6.42 Å². The van der Waals surface area contributed by atoms with Crippen molar-refractivity contribution in [2.45, 2.75) is 90.1 Å². The Kier molecular flexibility index (Phi) is 4.90. The maximum absolute atomic E-state index is 13.3. The lowest BCUT2D eigenvalue weighted by Crippen LogP contribution is -2.67. The van der Waals surface area contributed by atoms with Gasteiger partial charge in [0.1, 0.15) is 17.8 Å². The van der Waals surface area contributed by atoms with Crippen molar-refractivity contribution in [3.8, 4) is 0 Å². The van der Waals surface area contributed by atoms with E-state index in [1.165, 1.54) is 0 Å². The van der Waals surface area contributed by atoms with Crippen LogP contribution in [0.25, 0.3) is 0 Å². The molecular formula is C28H38O6. The number of esters is 1. The number of hydrogen-bond donors (Lipinski definition) is 2. The van der Waals surface area contributed by atoms with Crippen molar-refractivity contribution >= 4 is 11.8 Å². The Labute approximate surface area is 201 Å². The molecule has 6 aliphatic rings. The van der Waals surface area contributed by atoms with Gasteiger partial charge in [0.15, 0.2) is 5.78 Å². The fourth-order valence-corrected chi connectivity index (χ4v) is 9.49. The molecular weight excluding hydrogens is 432 g/mol. The van der Waals surface area contributed by atoms with E-state index in [1.54, 1.807) is 6.08 Å². The lowest BCUT2D eigenvalue weighted by Gasteiger charge is -2.60. The minimum atomic E-state index is -1.09. The molecule has 6 heteroatoms. The van der Waals surface area contributed by atoms with Gasteiger partial charge in [-0.15, -0.1) is 0 Å². The second-order valence-corrected chi connectivity index (χ2v) is 12.6. The van der Waals surface area contributed by atoms with Gasteiger partial charge in [-0.2, -0.15) is 0 Å². The summed E-state index contributed by atoms with van der Waals surface area (Å²) in [6.45, 7) is 8.31. The molecule has 1 saturated heterocycles. The molecule has 0 radical (unpaired) electrons. The third-order valence-electron chi connectivity index (χ3n) is 11.5. The first-order chi connectivity index (χ1) is 16.1. The molecule has 0 amide bonds. The van der Waals surface area contributed by atoms with Crippen LogP contribution in [-0.2, 0) is 19.1 Å². The normalized spacial score (nSPS) is 52.4. The summed E-state index contributed by atoms with van der Waals surface area (Å²) in [6, 6.07) is 0. The summed E-state index contributed by atoms with van der Waals surface area (Å²) in [6.07, 6.45) is 8.46. The van der Waals surface area contributed by atoms with Gasteiger partial charge >= 0.3 is 5.97 Å². The summed E-state index contributed by atoms with van der Waals surface area (Å²) in [7, 11) is 0. The van der Waals surface area contributed by atoms with Crippen molar-refractivity contribution in [2.75, 3.05) is 6.61 Å². The van der Waals surface area contributed by atoms with Crippen LogP contribution in [0.2, 0.25) is 0 Å². The number of allylic oxidation sites excluding steroid dienone is 1. The van der Waals surface area contributed by atoms with Crippen molar-refractivity contribution in [1.29, 1.82) is 0 Å². The lowest BCUT2D eigenvalue weighted by molar-refractivity contribution is -0.182. The predicted molar refractivity (Wildman–Crippen MR) is 124 cm³/mol. The summed E-state index contributed by atoms with van der Waals surface area (Å²) in [5.41, 5.74) is -0.426. The average molecular weight is 471 g/mol. The number of ketones is 1. The highest BCUT2D eigenvalue weighted by Gasteiger charge is 2.77. The van der Waals surface area contributed by atoms with Gasteiger partial charge in [0.05, 0.1) is 23.7 Å². The van der Waals surface area contributed by atoms with Crippen molar-refractivity contribution < 1.29 is 29.3 Å². The summed E-state index contributed by atoms with van der Waals surface area (Å²) < 4.78 is 12.1. The zero-order valence-electron chi connectivity index (χ0n) is 20.8. The van der Waals surface area contributed by atoms with Gasteiger partial charge in [0.2, 0.25) is 0 Å². The molecule has 0 aromatic heterocycles. The Morgan fingerprint density at radius 1 is 1.18 bits per heavy atom. The highest BCUT2D eigenvalue weighted by molar-refractivity contribution is 5.97. The minimum Gasteiger partial charge on any atom is -0.458 e. The Balaban J connectivity index is 1.29. The molecule has 6 nitrogen and oxygen atoms in total. The zero-order chi connectivity index (χ0) is 24.2. The molecule has 2 heterocycles. The number of carbonyl (C=O) groups excluding carboxylic acids is 2. The van der Waals surface area contributed by atoms with Crippen LogP contribution in [0.4, 0.5) is 0 Å². The summed E-state index contributed by atoms with van der Waals surface area (Å²) in [5, 5.41) is 21.2. The van der Waals surface area contributed by atoms with E-state index in [1.807, 2.05) is 19.9 Å². The highest BCUT2D eigenvalue weighted by Crippen LogP contribution is 2.71. The number of fused-ring (bicyclic) bond motifs is 8. The van der Waals surface area contributed by atoms with E-state index in [0.29, 0.717) is 36.2 Å². The third-order valence-corrected chi connectivity index (χ3v) is 11.5. The highest BCUT2D eigenvalue weighted by atomic mass is 16.6. The largest absolute Gasteiger partial charge is 0.458 e. The maximum atomic E-state index is 13.3. The van der Waals surface area contributed by atoms with Crippen molar-refractivity contribution in [3.63, 3.8) is 0 Å². The zero-order valence-corrected chi connectivity index (χ0v) is 20.8. The number of hydrogen-bond acceptors (Lipinski definition) is 6. The Morgan fingerprint density at radius 3 is 2.65 bits per heavy atom. The molecule has 0 spiro atoms. The topological polar surface area (TPSA) is 96.4 Å². The molecule has 0 aromatic rings. The third kappa shape index (κ3) is 2.68. The molecule has 0 bridgehead atoms. The van der Waals surface area contributed by atoms with Crippen LogP contribution in [0.5, 0.6) is 0 Å². The predicted octanol–water partition coefficient (Wildman–Crippen LogP) is 3.35. The number of carbonyl (C=O) groups is 2. The number of cyclic esters (lactones) is 1. The Morgan fingerprint density at radius 2 is 1.94 bits per heavy atom. The molecule has 4 fully saturated rings. The molecule has 0 unspecified atom stereocenters. The molecule has 4 aliphatic carbocycles. The van der Waals surface area contributed by atoms with Crippen LogP contribution in [0.15, 0.2) is 23.3 Å². The number of aliphatic hydroxyl groups is 2. The summed E-state index contributed by atoms with van der Waals surface area (Å²) in [5.74, 6) is 1.20. The van der Waals surface area contributed by atoms with E-state index in [9.17, 15) is 19.8 Å². The SMILES string of the molecule is CC1=C(CO)C(=O)O[C@@H]([C@H](C)[C@@H]2CC[C@H]3[C@@H]4[C@@H]5O[C@@H]5[C@]5(O)CC=CC(=O)[C@]5(C)[C@H]4CC[C@@]23C)C1. The van der Waals surface area contributed by atoms with E-state index in [4.69, 9.17) is 9.47 Å². The number of rotatable bonds is 3. The smallest absolute Gasteiger partial charge is 0.336 e. The fourth-order valence-electron chi connectivity index (χ4n) is 9.49. The molecule has 0 aromatic carbocycles. The van der Waals surface area contributed by atoms with Crippen LogP contribution in [-0.4, -0.2) is 52.5 Å². The molecule has 34 heavy (non-hydrogen) atoms. The number of ether oxygens (including phenoxy) is 2. The van der Waals surface area contributed by atoms with E-state index < -0.39 is 11.0 Å². The van der Waals surface area contributed by atoms with Gasteiger partial charge in [-0.25, -0.2) is 4.79 Å². The number of aliphatic hydroxyl groups excluding tert-OH is 1. The Hall–Kier alpha value is -1.50. The lowest BCUT2D eigenvalue weighted by atomic mass is 9.43. The second kappa shape index (κ2) is 7.27. The van der Waals surface area contributed by atoms with Gasteiger partial charge in [-0.3, -0.25) is 4.79 Å². The molecule has 186 valence electrons. The van der Waals surface area contributed by atoms with Gasteiger partial charge < -0.3 is 19.7 Å². The van der Waals surface area contributed by atoms with Crippen molar-refractivity contribution in [1.82, 2.24) is 0 Å². The van der Waals surface area contributed by atoms with E-state index in [0.717, 1.165) is 31.3 Å². The maximum Gasteiger partial charge on any atom is 0.336 e. The van der Waals surface area contributed by atoms with Crippen molar-refractivity contribution in [3.05, 3.63) is 23.3 Å². The second-order valence-electron chi connectivity index (χ2n) is 12.6. The monoisotopic (exact) mass is 470 g/mol. The first-order valence-electron chi connectivity index (χ1n) is 13.2. The van der Waals surface area contributed by atoms with Gasteiger partial charge in [0.25, 0.3) is 0 Å². The van der Waals surface area contributed by atoms with E-state index in [-0.39, 0.29) is 53.9 Å². The first kappa shape index (κ1) is 22.9. The van der Waals surface area contributed by atoms with Crippen LogP contribution >= 0.6 is 0 Å². The minimum absolute atomic E-state index is 0.0471. The van der Waals surface area contributed by atoms with Crippen molar-refractivity contribution in [2.24, 2.45) is 40.4 Å². The van der Waals surface area contributed by atoms with Gasteiger partial charge in [-0.1, -0.05) is 25.5 Å².